The number of rotatable bonds is 7. The second-order valence-electron chi connectivity index (χ2n) is 11.2. The molecular formula is C30H36N8OS. The molecule has 1 aromatic carbocycles. The summed E-state index contributed by atoms with van der Waals surface area (Å²) in [5.74, 6) is 1.41. The van der Waals surface area contributed by atoms with Gasteiger partial charge in [-0.3, -0.25) is 9.78 Å². The van der Waals surface area contributed by atoms with Crippen molar-refractivity contribution in [3.63, 3.8) is 0 Å². The molecule has 40 heavy (non-hydrogen) atoms. The van der Waals surface area contributed by atoms with Gasteiger partial charge < -0.3 is 20.0 Å². The predicted molar refractivity (Wildman–Crippen MR) is 161 cm³/mol. The summed E-state index contributed by atoms with van der Waals surface area (Å²) in [6.07, 6.45) is 5.12. The van der Waals surface area contributed by atoms with Crippen molar-refractivity contribution in [2.45, 2.75) is 39.8 Å². The second kappa shape index (κ2) is 11.7. The molecule has 0 bridgehead atoms. The summed E-state index contributed by atoms with van der Waals surface area (Å²) in [6, 6.07) is 12.3. The Morgan fingerprint density at radius 2 is 1.80 bits per heavy atom. The van der Waals surface area contributed by atoms with Gasteiger partial charge in [-0.25, -0.2) is 15.0 Å². The van der Waals surface area contributed by atoms with E-state index in [0.29, 0.717) is 17.2 Å². The van der Waals surface area contributed by atoms with E-state index >= 15 is 0 Å². The van der Waals surface area contributed by atoms with Gasteiger partial charge in [0.1, 0.15) is 22.8 Å². The van der Waals surface area contributed by atoms with Crippen molar-refractivity contribution >= 4 is 34.6 Å². The molecule has 1 saturated heterocycles. The van der Waals surface area contributed by atoms with Crippen LogP contribution < -0.4 is 10.2 Å². The number of carbonyl (C=O) groups is 1. The van der Waals surface area contributed by atoms with Gasteiger partial charge in [-0.2, -0.15) is 0 Å². The highest BCUT2D eigenvalue weighted by molar-refractivity contribution is 7.11. The lowest BCUT2D eigenvalue weighted by molar-refractivity contribution is 0.0563. The predicted octanol–water partition coefficient (Wildman–Crippen LogP) is 5.24. The number of nitrogens with zero attached hydrogens (tertiary/aromatic N) is 7. The van der Waals surface area contributed by atoms with Crippen LogP contribution in [0.5, 0.6) is 0 Å². The molecule has 0 spiro atoms. The number of piperazine rings is 1. The molecule has 0 unspecified atom stereocenters. The lowest BCUT2D eigenvalue weighted by atomic mass is 9.99. The van der Waals surface area contributed by atoms with Crippen molar-refractivity contribution in [1.29, 1.82) is 0 Å². The number of aryl methyl sites for hydroxylation is 1. The first-order valence-electron chi connectivity index (χ1n) is 13.5. The summed E-state index contributed by atoms with van der Waals surface area (Å²) in [4.78, 5) is 38.1. The average molecular weight is 557 g/mol. The van der Waals surface area contributed by atoms with E-state index in [4.69, 9.17) is 0 Å². The Balaban J connectivity index is 1.29. The van der Waals surface area contributed by atoms with Gasteiger partial charge in [0.05, 0.1) is 29.3 Å². The van der Waals surface area contributed by atoms with Gasteiger partial charge in [0.2, 0.25) is 0 Å². The highest BCUT2D eigenvalue weighted by Crippen LogP contribution is 2.27. The van der Waals surface area contributed by atoms with Gasteiger partial charge >= 0.3 is 0 Å². The third-order valence-electron chi connectivity index (χ3n) is 7.20. The van der Waals surface area contributed by atoms with Gasteiger partial charge in [-0.1, -0.05) is 12.1 Å². The maximum Gasteiger partial charge on any atom is 0.266 e. The van der Waals surface area contributed by atoms with Crippen molar-refractivity contribution in [2.24, 2.45) is 0 Å². The van der Waals surface area contributed by atoms with Gasteiger partial charge in [0.25, 0.3) is 5.91 Å². The van der Waals surface area contributed by atoms with Gasteiger partial charge in [0.15, 0.2) is 0 Å². The molecule has 10 heteroatoms. The molecule has 4 aromatic rings. The minimum absolute atomic E-state index is 0.00447. The van der Waals surface area contributed by atoms with Crippen molar-refractivity contribution in [3.8, 4) is 11.3 Å². The van der Waals surface area contributed by atoms with Crippen LogP contribution in [0.3, 0.4) is 0 Å². The fourth-order valence-corrected chi connectivity index (χ4v) is 5.27. The summed E-state index contributed by atoms with van der Waals surface area (Å²) in [7, 11) is 2.16. The summed E-state index contributed by atoms with van der Waals surface area (Å²) >= 11 is 1.37. The minimum atomic E-state index is -0.337. The lowest BCUT2D eigenvalue weighted by Gasteiger charge is -2.36. The Labute approximate surface area is 239 Å². The molecule has 1 amide bonds. The molecule has 1 aliphatic rings. The largest absolute Gasteiger partial charge is 0.368 e. The number of thiazole rings is 1. The van der Waals surface area contributed by atoms with Crippen LogP contribution in [0.2, 0.25) is 0 Å². The maximum atomic E-state index is 13.2. The van der Waals surface area contributed by atoms with E-state index in [2.05, 4.69) is 94.1 Å². The molecule has 0 atom stereocenters. The number of amides is 1. The van der Waals surface area contributed by atoms with Gasteiger partial charge in [-0.05, 0) is 64.1 Å². The Morgan fingerprint density at radius 1 is 1.00 bits per heavy atom. The van der Waals surface area contributed by atoms with Crippen LogP contribution in [-0.4, -0.2) is 74.4 Å². The van der Waals surface area contributed by atoms with Crippen LogP contribution in [0.1, 0.15) is 41.6 Å². The third kappa shape index (κ3) is 6.46. The monoisotopic (exact) mass is 556 g/mol. The van der Waals surface area contributed by atoms with Crippen LogP contribution >= 0.6 is 11.3 Å². The molecule has 0 saturated carbocycles. The first kappa shape index (κ1) is 27.7. The van der Waals surface area contributed by atoms with Crippen LogP contribution in [0.4, 0.5) is 17.3 Å². The number of nitrogens with one attached hydrogen (secondary N) is 1. The van der Waals surface area contributed by atoms with E-state index in [0.717, 1.165) is 60.1 Å². The first-order chi connectivity index (χ1) is 19.2. The van der Waals surface area contributed by atoms with Crippen LogP contribution in [0.15, 0.2) is 60.6 Å². The first-order valence-corrected chi connectivity index (χ1v) is 14.3. The Bertz CT molecular complexity index is 1440. The molecule has 4 heterocycles. The quantitative estimate of drug-likeness (QED) is 0.331. The lowest BCUT2D eigenvalue weighted by Crippen LogP contribution is -2.44. The summed E-state index contributed by atoms with van der Waals surface area (Å²) in [5, 5.41) is 3.31. The SMILES string of the molecule is Cc1cc(-c2cc(Nc3ccc(N4CCN(C)CC4)cn3)ncn2)ccc1CN(C(=O)c1cncs1)C(C)(C)C. The molecule has 1 fully saturated rings. The Morgan fingerprint density at radius 3 is 2.45 bits per heavy atom. The fraction of sp³-hybridized carbons (Fsp3) is 0.367. The average Bonchev–Trinajstić information content (AvgIpc) is 3.48. The Kier molecular flexibility index (Phi) is 8.09. The topological polar surface area (TPSA) is 90.4 Å². The number of aromatic nitrogens is 4. The van der Waals surface area contributed by atoms with Gasteiger partial charge in [-0.15, -0.1) is 11.3 Å². The second-order valence-corrected chi connectivity index (χ2v) is 12.1. The fourth-order valence-electron chi connectivity index (χ4n) is 4.70. The number of carbonyl (C=O) groups excluding carboxylic acids is 1. The zero-order valence-corrected chi connectivity index (χ0v) is 24.6. The molecular weight excluding hydrogens is 520 g/mol. The van der Waals surface area contributed by atoms with E-state index in [1.807, 2.05) is 23.2 Å². The van der Waals surface area contributed by atoms with E-state index in [9.17, 15) is 4.79 Å². The van der Waals surface area contributed by atoms with Crippen molar-refractivity contribution in [3.05, 3.63) is 76.6 Å². The van der Waals surface area contributed by atoms with Crippen LogP contribution in [0, 0.1) is 6.92 Å². The number of benzene rings is 1. The zero-order chi connectivity index (χ0) is 28.3. The highest BCUT2D eigenvalue weighted by Gasteiger charge is 2.28. The Hall–Kier alpha value is -3.89. The van der Waals surface area contributed by atoms with Crippen molar-refractivity contribution < 1.29 is 4.79 Å². The number of pyridine rings is 1. The molecule has 0 aliphatic carbocycles. The number of anilines is 3. The van der Waals surface area contributed by atoms with E-state index in [1.54, 1.807) is 18.0 Å². The smallest absolute Gasteiger partial charge is 0.266 e. The number of likely N-dealkylation sites (N-methyl/N-ethyl adjacent to an activating group) is 1. The van der Waals surface area contributed by atoms with E-state index < -0.39 is 0 Å². The maximum absolute atomic E-state index is 13.2. The normalized spacial score (nSPS) is 14.3. The minimum Gasteiger partial charge on any atom is -0.368 e. The number of hydrogen-bond acceptors (Lipinski definition) is 9. The molecule has 208 valence electrons. The van der Waals surface area contributed by atoms with Crippen LogP contribution in [0.25, 0.3) is 11.3 Å². The molecule has 5 rings (SSSR count). The summed E-state index contributed by atoms with van der Waals surface area (Å²) in [5.41, 5.74) is 6.48. The highest BCUT2D eigenvalue weighted by atomic mass is 32.1. The molecule has 0 radical (unpaired) electrons. The van der Waals surface area contributed by atoms with Crippen molar-refractivity contribution in [2.75, 3.05) is 43.4 Å². The molecule has 1 aliphatic heterocycles. The molecule has 9 nitrogen and oxygen atoms in total. The third-order valence-corrected chi connectivity index (χ3v) is 7.97. The van der Waals surface area contributed by atoms with Crippen molar-refractivity contribution in [1.82, 2.24) is 29.7 Å². The van der Waals surface area contributed by atoms with E-state index in [1.165, 1.54) is 11.3 Å². The molecule has 3 aromatic heterocycles. The summed E-state index contributed by atoms with van der Waals surface area (Å²) < 4.78 is 0. The van der Waals surface area contributed by atoms with Crippen LogP contribution in [-0.2, 0) is 6.54 Å². The number of hydrogen-bond donors (Lipinski definition) is 1. The summed E-state index contributed by atoms with van der Waals surface area (Å²) in [6.45, 7) is 12.9. The van der Waals surface area contributed by atoms with E-state index in [-0.39, 0.29) is 11.4 Å². The zero-order valence-electron chi connectivity index (χ0n) is 23.8. The van der Waals surface area contributed by atoms with Gasteiger partial charge in [0, 0.05) is 49.9 Å². The standard InChI is InChI=1S/C30H36N8OS/c1-21-14-22(6-7-23(21)18-38(30(2,3)4)29(39)26-17-31-20-40-26)25-15-28(34-19-33-25)35-27-9-8-24(16-32-27)37-12-10-36(5)11-13-37/h6-9,14-17,19-20H,10-13,18H2,1-5H3,(H,32,33,34,35). The molecule has 1 N–H and O–H groups in total.